The van der Waals surface area contributed by atoms with Gasteiger partial charge in [0.1, 0.15) is 5.82 Å². The fraction of sp³-hybridized carbons (Fsp3) is 0.556. The fourth-order valence-electron chi connectivity index (χ4n) is 1.05. The SMILES string of the molecule is CC[C@@H](C)Nc1cnc(C(F)(F)F)c(N)n1. The molecule has 1 rings (SSSR count). The fourth-order valence-corrected chi connectivity index (χ4v) is 1.05. The minimum atomic E-state index is -4.56. The molecule has 4 nitrogen and oxygen atoms in total. The van der Waals surface area contributed by atoms with Crippen LogP contribution in [0.4, 0.5) is 24.8 Å². The van der Waals surface area contributed by atoms with Crippen LogP contribution in [0.15, 0.2) is 6.20 Å². The molecule has 0 radical (unpaired) electrons. The van der Waals surface area contributed by atoms with Gasteiger partial charge in [0.25, 0.3) is 0 Å². The molecule has 1 heterocycles. The Morgan fingerprint density at radius 2 is 2.12 bits per heavy atom. The van der Waals surface area contributed by atoms with Crippen molar-refractivity contribution in [2.45, 2.75) is 32.5 Å². The summed E-state index contributed by atoms with van der Waals surface area (Å²) in [5.74, 6) is -0.361. The number of nitrogen functional groups attached to an aromatic ring is 1. The van der Waals surface area contributed by atoms with Gasteiger partial charge in [-0.25, -0.2) is 9.97 Å². The Morgan fingerprint density at radius 3 is 2.56 bits per heavy atom. The van der Waals surface area contributed by atoms with Crippen molar-refractivity contribution in [2.75, 3.05) is 11.1 Å². The zero-order valence-electron chi connectivity index (χ0n) is 8.97. The monoisotopic (exact) mass is 234 g/mol. The molecule has 0 fully saturated rings. The number of anilines is 2. The maximum absolute atomic E-state index is 12.3. The first kappa shape index (κ1) is 12.5. The number of rotatable bonds is 3. The largest absolute Gasteiger partial charge is 0.437 e. The quantitative estimate of drug-likeness (QED) is 0.842. The molecule has 1 atom stereocenters. The molecule has 7 heteroatoms. The van der Waals surface area contributed by atoms with Gasteiger partial charge >= 0.3 is 6.18 Å². The van der Waals surface area contributed by atoms with Crippen molar-refractivity contribution in [3.8, 4) is 0 Å². The van der Waals surface area contributed by atoms with Crippen molar-refractivity contribution < 1.29 is 13.2 Å². The van der Waals surface area contributed by atoms with Gasteiger partial charge in [-0.2, -0.15) is 13.2 Å². The van der Waals surface area contributed by atoms with Gasteiger partial charge in [-0.3, -0.25) is 0 Å². The molecular weight excluding hydrogens is 221 g/mol. The Bertz CT molecular complexity index is 364. The molecule has 1 aromatic heterocycles. The molecular formula is C9H13F3N4. The van der Waals surface area contributed by atoms with Crippen LogP contribution < -0.4 is 11.1 Å². The number of hydrogen-bond donors (Lipinski definition) is 2. The topological polar surface area (TPSA) is 63.8 Å². The molecule has 0 aliphatic rings. The number of aromatic nitrogens is 2. The normalized spacial score (nSPS) is 13.6. The summed E-state index contributed by atoms with van der Waals surface area (Å²) in [7, 11) is 0. The van der Waals surface area contributed by atoms with Crippen LogP contribution in [-0.4, -0.2) is 16.0 Å². The van der Waals surface area contributed by atoms with Crippen LogP contribution in [0.25, 0.3) is 0 Å². The average Bonchev–Trinajstić information content (AvgIpc) is 2.15. The average molecular weight is 234 g/mol. The highest BCUT2D eigenvalue weighted by atomic mass is 19.4. The van der Waals surface area contributed by atoms with Gasteiger partial charge in [-0.1, -0.05) is 6.92 Å². The van der Waals surface area contributed by atoms with Crippen molar-refractivity contribution in [1.82, 2.24) is 9.97 Å². The molecule has 0 bridgehead atoms. The Labute approximate surface area is 91.1 Å². The van der Waals surface area contributed by atoms with Crippen molar-refractivity contribution in [2.24, 2.45) is 0 Å². The number of nitrogens with zero attached hydrogens (tertiary/aromatic N) is 2. The van der Waals surface area contributed by atoms with E-state index >= 15 is 0 Å². The van der Waals surface area contributed by atoms with Gasteiger partial charge in [0.2, 0.25) is 0 Å². The van der Waals surface area contributed by atoms with Gasteiger partial charge in [-0.15, -0.1) is 0 Å². The van der Waals surface area contributed by atoms with E-state index < -0.39 is 17.7 Å². The highest BCUT2D eigenvalue weighted by molar-refractivity contribution is 5.44. The predicted molar refractivity (Wildman–Crippen MR) is 54.8 cm³/mol. The Morgan fingerprint density at radius 1 is 1.50 bits per heavy atom. The molecule has 16 heavy (non-hydrogen) atoms. The first-order chi connectivity index (χ1) is 7.34. The maximum atomic E-state index is 12.3. The van der Waals surface area contributed by atoms with E-state index in [1.807, 2.05) is 13.8 Å². The van der Waals surface area contributed by atoms with Gasteiger partial charge in [-0.05, 0) is 13.3 Å². The van der Waals surface area contributed by atoms with Crippen LogP contribution in [0.1, 0.15) is 26.0 Å². The van der Waals surface area contributed by atoms with Crippen LogP contribution in [-0.2, 0) is 6.18 Å². The first-order valence-corrected chi connectivity index (χ1v) is 4.80. The minimum Gasteiger partial charge on any atom is -0.382 e. The molecule has 0 spiro atoms. The van der Waals surface area contributed by atoms with E-state index in [1.54, 1.807) is 0 Å². The first-order valence-electron chi connectivity index (χ1n) is 4.80. The third-order valence-electron chi connectivity index (χ3n) is 2.07. The Kier molecular flexibility index (Phi) is 3.56. The maximum Gasteiger partial charge on any atom is 0.437 e. The van der Waals surface area contributed by atoms with Crippen LogP contribution in [0.3, 0.4) is 0 Å². The molecule has 90 valence electrons. The van der Waals surface area contributed by atoms with Gasteiger partial charge in [0.15, 0.2) is 11.5 Å². The van der Waals surface area contributed by atoms with E-state index in [-0.39, 0.29) is 11.9 Å². The Hall–Kier alpha value is -1.53. The smallest absolute Gasteiger partial charge is 0.382 e. The second kappa shape index (κ2) is 4.54. The molecule has 0 aliphatic carbocycles. The summed E-state index contributed by atoms with van der Waals surface area (Å²) < 4.78 is 36.9. The summed E-state index contributed by atoms with van der Waals surface area (Å²) in [5.41, 5.74) is 4.04. The van der Waals surface area contributed by atoms with E-state index in [1.165, 1.54) is 0 Å². The third kappa shape index (κ3) is 2.98. The molecule has 0 aliphatic heterocycles. The van der Waals surface area contributed by atoms with Crippen LogP contribution in [0, 0.1) is 0 Å². The summed E-state index contributed by atoms with van der Waals surface area (Å²) in [6.45, 7) is 3.83. The molecule has 0 saturated carbocycles. The van der Waals surface area contributed by atoms with E-state index in [2.05, 4.69) is 15.3 Å². The third-order valence-corrected chi connectivity index (χ3v) is 2.07. The second-order valence-corrected chi connectivity index (χ2v) is 3.44. The minimum absolute atomic E-state index is 0.102. The molecule has 0 aromatic carbocycles. The molecule has 1 aromatic rings. The van der Waals surface area contributed by atoms with Crippen molar-refractivity contribution in [3.63, 3.8) is 0 Å². The van der Waals surface area contributed by atoms with Gasteiger partial charge in [0.05, 0.1) is 6.20 Å². The molecule has 0 saturated heterocycles. The standard InChI is InChI=1S/C9H13F3N4/c1-3-5(2)15-6-4-14-7(8(13)16-6)9(10,11)12/h4-5H,3H2,1-2H3,(H3,13,15,16)/t5-/m1/s1. The van der Waals surface area contributed by atoms with E-state index in [0.29, 0.717) is 0 Å². The summed E-state index contributed by atoms with van der Waals surface area (Å²) in [6.07, 6.45) is -2.71. The molecule has 0 amide bonds. The molecule has 0 unspecified atom stereocenters. The zero-order chi connectivity index (χ0) is 12.3. The van der Waals surface area contributed by atoms with E-state index in [4.69, 9.17) is 5.73 Å². The van der Waals surface area contributed by atoms with E-state index in [0.717, 1.165) is 12.6 Å². The zero-order valence-corrected chi connectivity index (χ0v) is 8.97. The van der Waals surface area contributed by atoms with Gasteiger partial charge in [0, 0.05) is 6.04 Å². The second-order valence-electron chi connectivity index (χ2n) is 3.44. The lowest BCUT2D eigenvalue weighted by Crippen LogP contribution is -2.18. The summed E-state index contributed by atoms with van der Waals surface area (Å²) in [4.78, 5) is 6.87. The van der Waals surface area contributed by atoms with E-state index in [9.17, 15) is 13.2 Å². The predicted octanol–water partition coefficient (Wildman–Crippen LogP) is 2.29. The summed E-state index contributed by atoms with van der Waals surface area (Å²) in [5, 5.41) is 2.89. The van der Waals surface area contributed by atoms with Crippen LogP contribution >= 0.6 is 0 Å². The van der Waals surface area contributed by atoms with Crippen molar-refractivity contribution in [1.29, 1.82) is 0 Å². The lowest BCUT2D eigenvalue weighted by Gasteiger charge is -2.13. The Balaban J connectivity index is 2.91. The molecule has 3 N–H and O–H groups in total. The summed E-state index contributed by atoms with van der Waals surface area (Å²) >= 11 is 0. The highest BCUT2D eigenvalue weighted by Crippen LogP contribution is 2.31. The highest BCUT2D eigenvalue weighted by Gasteiger charge is 2.35. The summed E-state index contributed by atoms with van der Waals surface area (Å²) in [6, 6.07) is 0.102. The van der Waals surface area contributed by atoms with Crippen molar-refractivity contribution in [3.05, 3.63) is 11.9 Å². The van der Waals surface area contributed by atoms with Crippen molar-refractivity contribution >= 4 is 11.6 Å². The number of alkyl halides is 3. The van der Waals surface area contributed by atoms with Gasteiger partial charge < -0.3 is 11.1 Å². The number of hydrogen-bond acceptors (Lipinski definition) is 4. The van der Waals surface area contributed by atoms with Crippen LogP contribution in [0.5, 0.6) is 0 Å². The number of halogens is 3. The van der Waals surface area contributed by atoms with Crippen LogP contribution in [0.2, 0.25) is 0 Å². The number of nitrogens with two attached hydrogens (primary N) is 1. The lowest BCUT2D eigenvalue weighted by molar-refractivity contribution is -0.140. The number of nitrogens with one attached hydrogen (secondary N) is 1. The lowest BCUT2D eigenvalue weighted by atomic mass is 10.2.